The van der Waals surface area contributed by atoms with Crippen LogP contribution in [0.3, 0.4) is 0 Å². The summed E-state index contributed by atoms with van der Waals surface area (Å²) in [5.74, 6) is 0.858. The Balaban J connectivity index is 1.01. The molecule has 0 spiro atoms. The molecule has 2 heterocycles. The zero-order valence-electron chi connectivity index (χ0n) is 20.2. The van der Waals surface area contributed by atoms with E-state index in [0.717, 1.165) is 68.6 Å². The summed E-state index contributed by atoms with van der Waals surface area (Å²) < 4.78 is 5.92. The number of rotatable bonds is 11. The minimum Gasteiger partial charge on any atom is -0.480 e. The first kappa shape index (κ1) is 23.8. The number of anilines is 1. The fourth-order valence-corrected chi connectivity index (χ4v) is 5.11. The van der Waals surface area contributed by atoms with E-state index >= 15 is 0 Å². The summed E-state index contributed by atoms with van der Waals surface area (Å²) in [6.07, 6.45) is 9.11. The number of nitrogens with zero attached hydrogens (tertiary/aromatic N) is 1. The van der Waals surface area contributed by atoms with Gasteiger partial charge in [-0.25, -0.2) is 9.78 Å². The van der Waals surface area contributed by atoms with Crippen molar-refractivity contribution in [3.8, 4) is 0 Å². The van der Waals surface area contributed by atoms with E-state index in [1.807, 2.05) is 18.2 Å². The number of pyridine rings is 1. The molecule has 2 aliphatic carbocycles. The summed E-state index contributed by atoms with van der Waals surface area (Å²) in [5.41, 5.74) is 4.14. The van der Waals surface area contributed by atoms with E-state index in [1.165, 1.54) is 12.0 Å². The first-order valence-corrected chi connectivity index (χ1v) is 13.0. The summed E-state index contributed by atoms with van der Waals surface area (Å²) in [5, 5.41) is 15.6. The van der Waals surface area contributed by atoms with Crippen LogP contribution in [0, 0.1) is 5.92 Å². The molecule has 1 atom stereocenters. The highest BCUT2D eigenvalue weighted by Gasteiger charge is 2.30. The Morgan fingerprint density at radius 1 is 1.20 bits per heavy atom. The zero-order chi connectivity index (χ0) is 24.2. The van der Waals surface area contributed by atoms with Gasteiger partial charge in [0.05, 0.1) is 6.10 Å². The first-order chi connectivity index (χ1) is 17.0. The van der Waals surface area contributed by atoms with Crippen molar-refractivity contribution in [1.82, 2.24) is 10.3 Å². The van der Waals surface area contributed by atoms with Gasteiger partial charge in [0.1, 0.15) is 11.9 Å². The number of ether oxygens (including phenoxy) is 1. The van der Waals surface area contributed by atoms with Gasteiger partial charge >= 0.3 is 5.97 Å². The maximum Gasteiger partial charge on any atom is 0.326 e. The van der Waals surface area contributed by atoms with E-state index in [2.05, 4.69) is 22.8 Å². The number of hydrogen-bond acceptors (Lipinski definition) is 5. The number of fused-ring (bicyclic) bond motifs is 1. The molecule has 7 nitrogen and oxygen atoms in total. The van der Waals surface area contributed by atoms with Gasteiger partial charge in [-0.3, -0.25) is 4.79 Å². The third-order valence-corrected chi connectivity index (χ3v) is 7.51. The predicted molar refractivity (Wildman–Crippen MR) is 134 cm³/mol. The van der Waals surface area contributed by atoms with Crippen molar-refractivity contribution in [2.24, 2.45) is 5.92 Å². The normalized spacial score (nSPS) is 21.8. The van der Waals surface area contributed by atoms with E-state index < -0.39 is 12.0 Å². The topological polar surface area (TPSA) is 101 Å². The lowest BCUT2D eigenvalue weighted by molar-refractivity contribution is -0.140. The Labute approximate surface area is 206 Å². The van der Waals surface area contributed by atoms with Crippen LogP contribution in [0.4, 0.5) is 5.82 Å². The van der Waals surface area contributed by atoms with Gasteiger partial charge in [-0.2, -0.15) is 0 Å². The van der Waals surface area contributed by atoms with Crippen LogP contribution >= 0.6 is 0 Å². The maximum atomic E-state index is 12.6. The lowest BCUT2D eigenvalue weighted by atomic mass is 9.79. The van der Waals surface area contributed by atoms with E-state index in [4.69, 9.17) is 9.72 Å². The molecular weight excluding hydrogens is 442 g/mol. The molecule has 7 heteroatoms. The molecule has 0 saturated heterocycles. The molecule has 1 aromatic carbocycles. The molecule has 1 aromatic heterocycles. The Bertz CT molecular complexity index is 1060. The van der Waals surface area contributed by atoms with E-state index in [1.54, 1.807) is 6.07 Å². The van der Waals surface area contributed by atoms with Gasteiger partial charge in [0.15, 0.2) is 0 Å². The predicted octanol–water partition coefficient (Wildman–Crippen LogP) is 4.32. The molecule has 35 heavy (non-hydrogen) atoms. The second kappa shape index (κ2) is 10.8. The highest BCUT2D eigenvalue weighted by atomic mass is 16.5. The number of amides is 1. The van der Waals surface area contributed by atoms with Gasteiger partial charge < -0.3 is 20.5 Å². The minimum absolute atomic E-state index is 0.179. The third-order valence-electron chi connectivity index (χ3n) is 7.51. The largest absolute Gasteiger partial charge is 0.480 e. The van der Waals surface area contributed by atoms with Crippen LogP contribution in [0.15, 0.2) is 36.4 Å². The van der Waals surface area contributed by atoms with Gasteiger partial charge in [-0.05, 0) is 92.5 Å². The molecule has 0 radical (unpaired) electrons. The van der Waals surface area contributed by atoms with Gasteiger partial charge in [0.2, 0.25) is 0 Å². The van der Waals surface area contributed by atoms with Crippen LogP contribution in [0.2, 0.25) is 0 Å². The van der Waals surface area contributed by atoms with Gasteiger partial charge in [0.25, 0.3) is 5.91 Å². The summed E-state index contributed by atoms with van der Waals surface area (Å²) in [6, 6.07) is 10.9. The monoisotopic (exact) mass is 477 g/mol. The molecule has 1 aliphatic heterocycles. The molecule has 3 aliphatic rings. The van der Waals surface area contributed by atoms with Crippen molar-refractivity contribution in [2.45, 2.75) is 75.9 Å². The fourth-order valence-electron chi connectivity index (χ4n) is 5.11. The summed E-state index contributed by atoms with van der Waals surface area (Å²) in [6.45, 7) is 1.33. The number of benzene rings is 1. The van der Waals surface area contributed by atoms with E-state index in [-0.39, 0.29) is 18.4 Å². The molecule has 5 rings (SSSR count). The molecule has 2 aromatic rings. The van der Waals surface area contributed by atoms with Gasteiger partial charge in [-0.1, -0.05) is 18.2 Å². The quantitative estimate of drug-likeness (QED) is 0.446. The average molecular weight is 478 g/mol. The number of carbonyl (C=O) groups is 2. The number of hydrogen-bond donors (Lipinski definition) is 3. The highest BCUT2D eigenvalue weighted by molar-refractivity contribution is 5.96. The van der Waals surface area contributed by atoms with Crippen molar-refractivity contribution in [3.63, 3.8) is 0 Å². The number of aryl methyl sites for hydroxylation is 2. The van der Waals surface area contributed by atoms with Crippen molar-refractivity contribution in [1.29, 1.82) is 0 Å². The molecule has 2 fully saturated rings. The molecule has 3 N–H and O–H groups in total. The third kappa shape index (κ3) is 6.20. The standard InChI is InChI=1S/C28H35N3O4/c32-27(22-4-1-3-21(17-22)19-7-8-19)31-25(28(33)34)12-14-35-24-15-18(16-24)6-10-23-11-9-20-5-2-13-29-26(20)30-23/h1,3-4,9,11,17-19,24-25H,2,5-8,10,12-16H2,(H,29,30)(H,31,32)(H,33,34)/t18?,24?,25-/m0/s1. The number of aromatic nitrogens is 1. The van der Waals surface area contributed by atoms with Crippen LogP contribution in [0.5, 0.6) is 0 Å². The Morgan fingerprint density at radius 2 is 2.06 bits per heavy atom. The lowest BCUT2D eigenvalue weighted by Crippen LogP contribution is -2.42. The highest BCUT2D eigenvalue weighted by Crippen LogP contribution is 2.40. The van der Waals surface area contributed by atoms with Crippen LogP contribution in [-0.4, -0.2) is 47.3 Å². The average Bonchev–Trinajstić information content (AvgIpc) is 3.69. The first-order valence-electron chi connectivity index (χ1n) is 13.0. The second-order valence-corrected chi connectivity index (χ2v) is 10.3. The van der Waals surface area contributed by atoms with Crippen LogP contribution < -0.4 is 10.6 Å². The maximum absolute atomic E-state index is 12.6. The van der Waals surface area contributed by atoms with Crippen LogP contribution in [0.25, 0.3) is 0 Å². The lowest BCUT2D eigenvalue weighted by Gasteiger charge is -2.35. The molecular formula is C28H35N3O4. The second-order valence-electron chi connectivity index (χ2n) is 10.3. The molecule has 1 amide bonds. The summed E-state index contributed by atoms with van der Waals surface area (Å²) >= 11 is 0. The summed E-state index contributed by atoms with van der Waals surface area (Å²) in [7, 11) is 0. The SMILES string of the molecule is O=C(N[C@@H](CCOC1CC(CCc2ccc3c(n2)NCCC3)C1)C(=O)O)c1cccc(C2CC2)c1. The van der Waals surface area contributed by atoms with Crippen LogP contribution in [-0.2, 0) is 22.4 Å². The number of carbonyl (C=O) groups excluding carboxylic acids is 1. The number of aliphatic carboxylic acids is 1. The molecule has 0 bridgehead atoms. The number of nitrogens with one attached hydrogen (secondary N) is 2. The van der Waals surface area contributed by atoms with Gasteiger partial charge in [-0.15, -0.1) is 0 Å². The van der Waals surface area contributed by atoms with Gasteiger partial charge in [0, 0.05) is 30.8 Å². The molecule has 0 unspecified atom stereocenters. The van der Waals surface area contributed by atoms with Crippen molar-refractivity contribution in [2.75, 3.05) is 18.5 Å². The van der Waals surface area contributed by atoms with Crippen molar-refractivity contribution >= 4 is 17.7 Å². The zero-order valence-corrected chi connectivity index (χ0v) is 20.2. The van der Waals surface area contributed by atoms with Crippen molar-refractivity contribution < 1.29 is 19.4 Å². The van der Waals surface area contributed by atoms with E-state index in [9.17, 15) is 14.7 Å². The summed E-state index contributed by atoms with van der Waals surface area (Å²) in [4.78, 5) is 29.1. The Kier molecular flexibility index (Phi) is 7.32. The Hall–Kier alpha value is -2.93. The number of carboxylic acid groups (broad SMARTS) is 1. The fraction of sp³-hybridized carbons (Fsp3) is 0.536. The Morgan fingerprint density at radius 3 is 2.86 bits per heavy atom. The smallest absolute Gasteiger partial charge is 0.326 e. The molecule has 2 saturated carbocycles. The van der Waals surface area contributed by atoms with Crippen LogP contribution in [0.1, 0.15) is 78.0 Å². The number of carboxylic acids is 1. The molecule has 186 valence electrons. The van der Waals surface area contributed by atoms with Crippen molar-refractivity contribution in [3.05, 3.63) is 58.8 Å². The van der Waals surface area contributed by atoms with E-state index in [0.29, 0.717) is 24.0 Å². The minimum atomic E-state index is -1.03.